The number of ether oxygens (including phenoxy) is 1. The Labute approximate surface area is 161 Å². The molecule has 7 heteroatoms. The molecule has 2 aromatic rings. The van der Waals surface area contributed by atoms with E-state index in [2.05, 4.69) is 10.6 Å². The lowest BCUT2D eigenvalue weighted by atomic mass is 9.89. The van der Waals surface area contributed by atoms with Crippen LogP contribution in [0, 0.1) is 6.92 Å². The molecule has 1 atom stereocenters. The van der Waals surface area contributed by atoms with Crippen LogP contribution in [0.25, 0.3) is 0 Å². The molecule has 0 aromatic heterocycles. The smallest absolute Gasteiger partial charge is 0.416 e. The highest BCUT2D eigenvalue weighted by molar-refractivity contribution is 7.80. The van der Waals surface area contributed by atoms with Crippen molar-refractivity contribution >= 4 is 23.0 Å². The molecule has 0 aliphatic carbocycles. The number of aryl methyl sites for hydroxylation is 1. The van der Waals surface area contributed by atoms with E-state index in [-0.39, 0.29) is 11.6 Å². The molecule has 1 aliphatic rings. The van der Waals surface area contributed by atoms with E-state index in [9.17, 15) is 13.2 Å². The van der Waals surface area contributed by atoms with Crippen LogP contribution in [0.15, 0.2) is 42.5 Å². The summed E-state index contributed by atoms with van der Waals surface area (Å²) in [6, 6.07) is 10.8. The van der Waals surface area contributed by atoms with Crippen molar-refractivity contribution in [3.63, 3.8) is 0 Å². The molecule has 2 aromatic carbocycles. The van der Waals surface area contributed by atoms with Crippen molar-refractivity contribution in [2.45, 2.75) is 45.0 Å². The lowest BCUT2D eigenvalue weighted by molar-refractivity contribution is -0.137. The molecule has 144 valence electrons. The first-order valence-electron chi connectivity index (χ1n) is 8.58. The third-order valence-corrected chi connectivity index (χ3v) is 4.62. The summed E-state index contributed by atoms with van der Waals surface area (Å²) in [4.78, 5) is 0. The molecule has 0 amide bonds. The highest BCUT2D eigenvalue weighted by Gasteiger charge is 2.34. The molecule has 3 rings (SSSR count). The Morgan fingerprint density at radius 3 is 2.44 bits per heavy atom. The lowest BCUT2D eigenvalue weighted by Crippen LogP contribution is -2.42. The van der Waals surface area contributed by atoms with Crippen molar-refractivity contribution < 1.29 is 17.9 Å². The average Bonchev–Trinajstić information content (AvgIpc) is 2.52. The van der Waals surface area contributed by atoms with Gasteiger partial charge in [0, 0.05) is 17.7 Å². The third kappa shape index (κ3) is 4.71. The van der Waals surface area contributed by atoms with E-state index >= 15 is 0 Å². The van der Waals surface area contributed by atoms with E-state index < -0.39 is 11.7 Å². The molecule has 3 nitrogen and oxygen atoms in total. The monoisotopic (exact) mass is 394 g/mol. The van der Waals surface area contributed by atoms with Gasteiger partial charge in [-0.2, -0.15) is 13.2 Å². The van der Waals surface area contributed by atoms with Gasteiger partial charge in [-0.3, -0.25) is 0 Å². The summed E-state index contributed by atoms with van der Waals surface area (Å²) in [5.74, 6) is 0.820. The minimum Gasteiger partial charge on any atom is -0.487 e. The number of thiocarbonyl (C=S) groups is 1. The molecule has 0 fully saturated rings. The first-order valence-corrected chi connectivity index (χ1v) is 8.99. The Morgan fingerprint density at radius 2 is 1.81 bits per heavy atom. The molecule has 27 heavy (non-hydrogen) atoms. The number of alkyl halides is 3. The van der Waals surface area contributed by atoms with Crippen LogP contribution in [0.3, 0.4) is 0 Å². The summed E-state index contributed by atoms with van der Waals surface area (Å²) in [6.07, 6.45) is -3.65. The van der Waals surface area contributed by atoms with Crippen molar-refractivity contribution in [3.05, 3.63) is 59.2 Å². The topological polar surface area (TPSA) is 33.3 Å². The van der Waals surface area contributed by atoms with Gasteiger partial charge in [0.2, 0.25) is 0 Å². The number of hydrogen-bond acceptors (Lipinski definition) is 2. The van der Waals surface area contributed by atoms with Gasteiger partial charge in [-0.05, 0) is 68.9 Å². The van der Waals surface area contributed by atoms with Gasteiger partial charge in [-0.1, -0.05) is 12.1 Å². The van der Waals surface area contributed by atoms with E-state index in [1.807, 2.05) is 39.0 Å². The maximum Gasteiger partial charge on any atom is 0.416 e. The second kappa shape index (κ2) is 7.03. The predicted molar refractivity (Wildman–Crippen MR) is 104 cm³/mol. The average molecular weight is 394 g/mol. The van der Waals surface area contributed by atoms with Gasteiger partial charge < -0.3 is 15.4 Å². The van der Waals surface area contributed by atoms with Gasteiger partial charge in [0.15, 0.2) is 5.11 Å². The van der Waals surface area contributed by atoms with Crippen LogP contribution >= 0.6 is 12.2 Å². The van der Waals surface area contributed by atoms with Gasteiger partial charge in [0.25, 0.3) is 0 Å². The summed E-state index contributed by atoms with van der Waals surface area (Å²) >= 11 is 5.37. The zero-order valence-corrected chi connectivity index (χ0v) is 16.1. The van der Waals surface area contributed by atoms with Crippen LogP contribution in [0.1, 0.15) is 43.0 Å². The van der Waals surface area contributed by atoms with Gasteiger partial charge in [0.05, 0.1) is 11.6 Å². The predicted octanol–water partition coefficient (Wildman–Crippen LogP) is 5.60. The summed E-state index contributed by atoms with van der Waals surface area (Å²) in [7, 11) is 0. The van der Waals surface area contributed by atoms with Gasteiger partial charge in [0.1, 0.15) is 11.4 Å². The number of hydrogen-bond donors (Lipinski definition) is 2. The standard InChI is InChI=1S/C20H21F3N2OS/c1-12-4-9-15-16(11-19(2,3)26-17(15)10-12)25-18(27)24-14-7-5-13(6-8-14)20(21,22)23/h4-10,16H,11H2,1-3H3,(H2,24,25,27)/t16-/m1/s1. The van der Waals surface area contributed by atoms with Crippen molar-refractivity contribution in [1.82, 2.24) is 5.32 Å². The fourth-order valence-corrected chi connectivity index (χ4v) is 3.42. The first-order chi connectivity index (χ1) is 12.5. The zero-order valence-electron chi connectivity index (χ0n) is 15.3. The van der Waals surface area contributed by atoms with E-state index in [1.165, 1.54) is 12.1 Å². The van der Waals surface area contributed by atoms with Crippen LogP contribution < -0.4 is 15.4 Å². The molecule has 0 radical (unpaired) electrons. The highest BCUT2D eigenvalue weighted by Crippen LogP contribution is 2.40. The van der Waals surface area contributed by atoms with Crippen LogP contribution in [-0.4, -0.2) is 10.7 Å². The molecule has 0 saturated heterocycles. The van der Waals surface area contributed by atoms with Crippen molar-refractivity contribution in [1.29, 1.82) is 0 Å². The van der Waals surface area contributed by atoms with Gasteiger partial charge >= 0.3 is 6.18 Å². The SMILES string of the molecule is Cc1ccc2c(c1)OC(C)(C)C[C@H]2NC(=S)Nc1ccc(C(F)(F)F)cc1. The maximum atomic E-state index is 12.7. The van der Waals surface area contributed by atoms with Gasteiger partial charge in [-0.15, -0.1) is 0 Å². The van der Waals surface area contributed by atoms with E-state index in [4.69, 9.17) is 17.0 Å². The van der Waals surface area contributed by atoms with Crippen molar-refractivity contribution in [2.24, 2.45) is 0 Å². The Hall–Kier alpha value is -2.28. The molecular formula is C20H21F3N2OS. The molecule has 0 spiro atoms. The van der Waals surface area contributed by atoms with Crippen LogP contribution in [0.2, 0.25) is 0 Å². The maximum absolute atomic E-state index is 12.7. The molecule has 0 saturated carbocycles. The Bertz CT molecular complexity index is 847. The van der Waals surface area contributed by atoms with E-state index in [1.54, 1.807) is 0 Å². The number of nitrogens with one attached hydrogen (secondary N) is 2. The lowest BCUT2D eigenvalue weighted by Gasteiger charge is -2.38. The number of halogens is 3. The van der Waals surface area contributed by atoms with E-state index in [0.29, 0.717) is 17.2 Å². The zero-order chi connectivity index (χ0) is 19.8. The Morgan fingerprint density at radius 1 is 1.15 bits per heavy atom. The summed E-state index contributed by atoms with van der Waals surface area (Å²) in [5.41, 5.74) is 1.56. The fourth-order valence-electron chi connectivity index (χ4n) is 3.16. The largest absolute Gasteiger partial charge is 0.487 e. The first kappa shape index (κ1) is 19.5. The van der Waals surface area contributed by atoms with Crippen LogP contribution in [0.4, 0.5) is 18.9 Å². The number of anilines is 1. The second-order valence-corrected chi connectivity index (χ2v) is 7.74. The molecule has 2 N–H and O–H groups in total. The molecule has 0 unspecified atom stereocenters. The summed E-state index contributed by atoms with van der Waals surface area (Å²) in [6.45, 7) is 6.03. The van der Waals surface area contributed by atoms with Crippen molar-refractivity contribution in [3.8, 4) is 5.75 Å². The van der Waals surface area contributed by atoms with E-state index in [0.717, 1.165) is 29.0 Å². The third-order valence-electron chi connectivity index (χ3n) is 4.40. The normalized spacial score (nSPS) is 18.2. The minimum absolute atomic E-state index is 0.0567. The quantitative estimate of drug-likeness (QED) is 0.650. The van der Waals surface area contributed by atoms with Crippen molar-refractivity contribution in [2.75, 3.05) is 5.32 Å². The van der Waals surface area contributed by atoms with Crippen LogP contribution in [0.5, 0.6) is 5.75 Å². The Kier molecular flexibility index (Phi) is 5.08. The number of fused-ring (bicyclic) bond motifs is 1. The highest BCUT2D eigenvalue weighted by atomic mass is 32.1. The summed E-state index contributed by atoms with van der Waals surface area (Å²) < 4.78 is 44.1. The number of rotatable bonds is 2. The minimum atomic E-state index is -4.35. The second-order valence-electron chi connectivity index (χ2n) is 7.33. The van der Waals surface area contributed by atoms with Crippen LogP contribution in [-0.2, 0) is 6.18 Å². The fraction of sp³-hybridized carbons (Fsp3) is 0.350. The summed E-state index contributed by atoms with van der Waals surface area (Å²) in [5, 5.41) is 6.56. The molecule has 0 bridgehead atoms. The molecule has 1 heterocycles. The molecule has 1 aliphatic heterocycles. The Balaban J connectivity index is 1.72. The molecular weight excluding hydrogens is 373 g/mol. The number of benzene rings is 2. The van der Waals surface area contributed by atoms with Gasteiger partial charge in [-0.25, -0.2) is 0 Å².